The van der Waals surface area contributed by atoms with E-state index in [4.69, 9.17) is 11.6 Å². The van der Waals surface area contributed by atoms with Crippen LogP contribution >= 0.6 is 11.6 Å². The van der Waals surface area contributed by atoms with Gasteiger partial charge >= 0.3 is 0 Å². The lowest BCUT2D eigenvalue weighted by atomic mass is 10.0. The van der Waals surface area contributed by atoms with Crippen LogP contribution in [0.2, 0.25) is 5.02 Å². The van der Waals surface area contributed by atoms with Gasteiger partial charge in [-0.05, 0) is 31.0 Å². The van der Waals surface area contributed by atoms with Crippen LogP contribution in [0.15, 0.2) is 42.5 Å². The van der Waals surface area contributed by atoms with Crippen LogP contribution in [0.25, 0.3) is 0 Å². The monoisotopic (exact) mass is 333 g/mol. The highest BCUT2D eigenvalue weighted by Gasteiger charge is 2.15. The van der Waals surface area contributed by atoms with E-state index in [0.29, 0.717) is 23.6 Å². The van der Waals surface area contributed by atoms with Gasteiger partial charge in [0.05, 0.1) is 5.56 Å². The van der Waals surface area contributed by atoms with Crippen molar-refractivity contribution in [1.82, 2.24) is 5.32 Å². The first-order valence-corrected chi connectivity index (χ1v) is 7.82. The number of carbonyl (C=O) groups excluding carboxylic acids is 1. The molecule has 0 aromatic heterocycles. The van der Waals surface area contributed by atoms with Crippen molar-refractivity contribution in [1.29, 1.82) is 0 Å². The van der Waals surface area contributed by atoms with E-state index in [1.165, 1.54) is 13.0 Å². The van der Waals surface area contributed by atoms with Crippen molar-refractivity contribution >= 4 is 17.4 Å². The minimum Gasteiger partial charge on any atom is -0.507 e. The van der Waals surface area contributed by atoms with Crippen LogP contribution in [0.1, 0.15) is 40.9 Å². The van der Waals surface area contributed by atoms with E-state index in [9.17, 15) is 15.0 Å². The quantitative estimate of drug-likeness (QED) is 0.679. The Bertz CT molecular complexity index is 673. The van der Waals surface area contributed by atoms with Gasteiger partial charge in [-0.15, -0.1) is 0 Å². The first-order valence-electron chi connectivity index (χ1n) is 7.44. The fraction of sp³-hybridized carbons (Fsp3) is 0.278. The molecule has 0 aliphatic carbocycles. The predicted molar refractivity (Wildman–Crippen MR) is 90.8 cm³/mol. The van der Waals surface area contributed by atoms with Crippen LogP contribution < -0.4 is 5.32 Å². The number of aliphatic hydroxyl groups excluding tert-OH is 1. The molecular formula is C18H20ClNO3. The van der Waals surface area contributed by atoms with Crippen LogP contribution in [-0.2, 0) is 6.54 Å². The predicted octanol–water partition coefficient (Wildman–Crippen LogP) is 3.46. The lowest BCUT2D eigenvalue weighted by Gasteiger charge is -2.19. The number of phenols is 1. The number of aliphatic hydroxyl groups is 1. The Kier molecular flexibility index (Phi) is 6.16. The summed E-state index contributed by atoms with van der Waals surface area (Å²) in [7, 11) is 0. The summed E-state index contributed by atoms with van der Waals surface area (Å²) in [5.74, 6) is -0.286. The van der Waals surface area contributed by atoms with E-state index in [2.05, 4.69) is 5.32 Å². The number of ketones is 1. The van der Waals surface area contributed by atoms with Crippen LogP contribution in [0.3, 0.4) is 0 Å². The highest BCUT2D eigenvalue weighted by Crippen LogP contribution is 2.28. The summed E-state index contributed by atoms with van der Waals surface area (Å²) in [5, 5.41) is 23.2. The third-order valence-electron chi connectivity index (χ3n) is 3.69. The van der Waals surface area contributed by atoms with Gasteiger partial charge in [-0.25, -0.2) is 0 Å². The van der Waals surface area contributed by atoms with Crippen molar-refractivity contribution in [3.05, 3.63) is 64.2 Å². The number of benzene rings is 2. The Morgan fingerprint density at radius 1 is 1.26 bits per heavy atom. The highest BCUT2D eigenvalue weighted by atomic mass is 35.5. The van der Waals surface area contributed by atoms with Gasteiger partial charge in [-0.3, -0.25) is 4.79 Å². The zero-order valence-corrected chi connectivity index (χ0v) is 13.7. The summed E-state index contributed by atoms with van der Waals surface area (Å²) in [5.41, 5.74) is 1.82. The van der Waals surface area contributed by atoms with E-state index in [-0.39, 0.29) is 29.7 Å². The molecule has 0 bridgehead atoms. The summed E-state index contributed by atoms with van der Waals surface area (Å²) in [6.07, 6.45) is 0.547. The molecule has 0 spiro atoms. The number of carbonyl (C=O) groups is 1. The molecule has 1 atom stereocenters. The summed E-state index contributed by atoms with van der Waals surface area (Å²) >= 11 is 6.03. The maximum Gasteiger partial charge on any atom is 0.163 e. The van der Waals surface area contributed by atoms with E-state index in [0.717, 1.165) is 5.56 Å². The Hall–Kier alpha value is -1.88. The first kappa shape index (κ1) is 17.5. The number of phenolic OH excluding ortho intramolecular Hbond substituents is 1. The zero-order valence-electron chi connectivity index (χ0n) is 12.9. The summed E-state index contributed by atoms with van der Waals surface area (Å²) in [4.78, 5) is 11.6. The number of nitrogens with one attached hydrogen (secondary N) is 1. The van der Waals surface area contributed by atoms with E-state index >= 15 is 0 Å². The fourth-order valence-electron chi connectivity index (χ4n) is 2.49. The average molecular weight is 334 g/mol. The Morgan fingerprint density at radius 2 is 1.96 bits per heavy atom. The van der Waals surface area contributed by atoms with Gasteiger partial charge in [0.1, 0.15) is 5.75 Å². The van der Waals surface area contributed by atoms with E-state index in [1.54, 1.807) is 6.07 Å². The molecule has 0 fully saturated rings. The third kappa shape index (κ3) is 4.55. The molecule has 0 heterocycles. The molecule has 2 aromatic rings. The third-order valence-corrected chi connectivity index (χ3v) is 3.91. The van der Waals surface area contributed by atoms with Crippen LogP contribution in [0.5, 0.6) is 5.75 Å². The van der Waals surface area contributed by atoms with Crippen molar-refractivity contribution in [2.45, 2.75) is 25.9 Å². The lowest BCUT2D eigenvalue weighted by Crippen LogP contribution is -2.22. The number of rotatable bonds is 7. The molecule has 4 nitrogen and oxygen atoms in total. The molecule has 2 rings (SSSR count). The van der Waals surface area contributed by atoms with Gasteiger partial charge in [-0.2, -0.15) is 0 Å². The lowest BCUT2D eigenvalue weighted by molar-refractivity contribution is 0.101. The maximum absolute atomic E-state index is 11.6. The molecule has 0 saturated heterocycles. The summed E-state index contributed by atoms with van der Waals surface area (Å²) < 4.78 is 0. The number of hydrogen-bond acceptors (Lipinski definition) is 4. The number of halogens is 1. The van der Waals surface area contributed by atoms with Gasteiger partial charge in [0.25, 0.3) is 0 Å². The fourth-order valence-corrected chi connectivity index (χ4v) is 2.73. The van der Waals surface area contributed by atoms with Crippen LogP contribution in [0, 0.1) is 0 Å². The second-order valence-corrected chi connectivity index (χ2v) is 5.81. The normalized spacial score (nSPS) is 12.1. The Balaban J connectivity index is 2.20. The molecule has 1 unspecified atom stereocenters. The van der Waals surface area contributed by atoms with E-state index < -0.39 is 0 Å². The number of Topliss-reactive ketones (excluding diaryl/α,β-unsaturated/α-hetero) is 1. The molecule has 23 heavy (non-hydrogen) atoms. The minimum absolute atomic E-state index is 0.0484. The van der Waals surface area contributed by atoms with Crippen molar-refractivity contribution in [2.75, 3.05) is 6.61 Å². The smallest absolute Gasteiger partial charge is 0.163 e. The van der Waals surface area contributed by atoms with Gasteiger partial charge < -0.3 is 15.5 Å². The molecule has 122 valence electrons. The van der Waals surface area contributed by atoms with Gasteiger partial charge in [0.15, 0.2) is 5.78 Å². The largest absolute Gasteiger partial charge is 0.507 e. The molecule has 3 N–H and O–H groups in total. The standard InChI is InChI=1S/C18H20ClNO3/c1-12(22)16-10-15(19)9-14(18(16)23)11-20-17(7-8-21)13-5-3-2-4-6-13/h2-6,9-10,17,20-21,23H,7-8,11H2,1H3. The minimum atomic E-state index is -0.235. The molecule has 5 heteroatoms. The number of hydrogen-bond donors (Lipinski definition) is 3. The van der Waals surface area contributed by atoms with Crippen molar-refractivity contribution in [3.63, 3.8) is 0 Å². The van der Waals surface area contributed by atoms with Crippen LogP contribution in [-0.4, -0.2) is 22.6 Å². The molecule has 2 aromatic carbocycles. The Labute approximate surface area is 140 Å². The Morgan fingerprint density at radius 3 is 2.57 bits per heavy atom. The number of aromatic hydroxyl groups is 1. The summed E-state index contributed by atoms with van der Waals surface area (Å²) in [6, 6.07) is 12.8. The summed E-state index contributed by atoms with van der Waals surface area (Å²) in [6.45, 7) is 1.78. The van der Waals surface area contributed by atoms with Crippen molar-refractivity contribution in [2.24, 2.45) is 0 Å². The topological polar surface area (TPSA) is 69.6 Å². The second-order valence-electron chi connectivity index (χ2n) is 5.37. The highest BCUT2D eigenvalue weighted by molar-refractivity contribution is 6.31. The molecule has 0 aliphatic rings. The van der Waals surface area contributed by atoms with E-state index in [1.807, 2.05) is 30.3 Å². The van der Waals surface area contributed by atoms with Gasteiger partial charge in [0, 0.05) is 29.8 Å². The molecule has 0 aliphatic heterocycles. The second kappa shape index (κ2) is 8.11. The van der Waals surface area contributed by atoms with Crippen LogP contribution in [0.4, 0.5) is 0 Å². The SMILES string of the molecule is CC(=O)c1cc(Cl)cc(CNC(CCO)c2ccccc2)c1O. The average Bonchev–Trinajstić information content (AvgIpc) is 2.54. The zero-order chi connectivity index (χ0) is 16.8. The van der Waals surface area contributed by atoms with Crippen molar-refractivity contribution in [3.8, 4) is 5.75 Å². The molecule has 0 amide bonds. The maximum atomic E-state index is 11.6. The first-order chi connectivity index (χ1) is 11.0. The molecular weight excluding hydrogens is 314 g/mol. The van der Waals surface area contributed by atoms with Crippen molar-refractivity contribution < 1.29 is 15.0 Å². The van der Waals surface area contributed by atoms with Gasteiger partial charge in [0.2, 0.25) is 0 Å². The molecule has 0 radical (unpaired) electrons. The molecule has 0 saturated carbocycles. The van der Waals surface area contributed by atoms with Gasteiger partial charge in [-0.1, -0.05) is 41.9 Å².